The summed E-state index contributed by atoms with van der Waals surface area (Å²) in [6.07, 6.45) is 4.03. The highest BCUT2D eigenvalue weighted by molar-refractivity contribution is 5.88. The van der Waals surface area contributed by atoms with E-state index in [1.54, 1.807) is 0 Å². The van der Waals surface area contributed by atoms with E-state index in [9.17, 15) is 14.4 Å². The van der Waals surface area contributed by atoms with Gasteiger partial charge in [0, 0.05) is 6.54 Å². The van der Waals surface area contributed by atoms with Gasteiger partial charge in [0.25, 0.3) is 5.91 Å². The molecule has 1 atom stereocenters. The molecule has 18 heavy (non-hydrogen) atoms. The maximum Gasteiger partial charge on any atom is 0.309 e. The molecule has 100 valence electrons. The fourth-order valence-corrected chi connectivity index (χ4v) is 2.18. The average Bonchev–Trinajstić information content (AvgIpc) is 3.19. The lowest BCUT2D eigenvalue weighted by Gasteiger charge is -2.33. The number of rotatable bonds is 4. The normalized spacial score (nSPS) is 23.6. The Kier molecular flexibility index (Phi) is 3.84. The Hall–Kier alpha value is -1.59. The highest BCUT2D eigenvalue weighted by Gasteiger charge is 2.34. The van der Waals surface area contributed by atoms with Gasteiger partial charge in [-0.1, -0.05) is 0 Å². The van der Waals surface area contributed by atoms with Gasteiger partial charge in [0.1, 0.15) is 6.04 Å². The number of hydrogen-bond donors (Lipinski definition) is 1. The van der Waals surface area contributed by atoms with Gasteiger partial charge in [-0.05, 0) is 32.1 Å². The monoisotopic (exact) mass is 254 g/mol. The van der Waals surface area contributed by atoms with Crippen LogP contribution in [-0.4, -0.2) is 41.9 Å². The SMILES string of the molecule is NC(=O)[C@@H]1CCCCN1C(=O)COC(=O)C1CC1. The maximum absolute atomic E-state index is 11.9. The lowest BCUT2D eigenvalue weighted by molar-refractivity contribution is -0.155. The number of ether oxygens (including phenoxy) is 1. The fraction of sp³-hybridized carbons (Fsp3) is 0.750. The first-order valence-corrected chi connectivity index (χ1v) is 6.35. The Balaban J connectivity index is 1.85. The third-order valence-corrected chi connectivity index (χ3v) is 3.40. The number of primary amides is 1. The van der Waals surface area contributed by atoms with Gasteiger partial charge >= 0.3 is 5.97 Å². The molecule has 6 nitrogen and oxygen atoms in total. The summed E-state index contributed by atoms with van der Waals surface area (Å²) in [4.78, 5) is 35.9. The van der Waals surface area contributed by atoms with Crippen molar-refractivity contribution in [2.45, 2.75) is 38.1 Å². The molecular formula is C12H18N2O4. The molecule has 0 aromatic rings. The lowest BCUT2D eigenvalue weighted by Crippen LogP contribution is -2.51. The Morgan fingerprint density at radius 1 is 1.17 bits per heavy atom. The van der Waals surface area contributed by atoms with Crippen molar-refractivity contribution in [3.63, 3.8) is 0 Å². The van der Waals surface area contributed by atoms with Gasteiger partial charge in [-0.15, -0.1) is 0 Å². The van der Waals surface area contributed by atoms with Crippen LogP contribution in [0.15, 0.2) is 0 Å². The summed E-state index contributed by atoms with van der Waals surface area (Å²) in [5.41, 5.74) is 5.27. The minimum atomic E-state index is -0.550. The molecule has 0 spiro atoms. The van der Waals surface area contributed by atoms with Crippen molar-refractivity contribution in [3.05, 3.63) is 0 Å². The molecule has 0 radical (unpaired) electrons. The van der Waals surface area contributed by atoms with Crippen LogP contribution < -0.4 is 5.73 Å². The predicted octanol–water partition coefficient (Wildman–Crippen LogP) is -0.194. The molecule has 1 aliphatic carbocycles. The summed E-state index contributed by atoms with van der Waals surface area (Å²) in [6.45, 7) is 0.229. The molecule has 1 saturated carbocycles. The molecule has 0 bridgehead atoms. The molecule has 2 N–H and O–H groups in total. The number of carbonyl (C=O) groups excluding carboxylic acids is 3. The first-order valence-electron chi connectivity index (χ1n) is 6.35. The van der Waals surface area contributed by atoms with Gasteiger partial charge in [0.2, 0.25) is 5.91 Å². The summed E-state index contributed by atoms with van der Waals surface area (Å²) in [7, 11) is 0. The number of likely N-dealkylation sites (tertiary alicyclic amines) is 1. The van der Waals surface area contributed by atoms with Gasteiger partial charge in [-0.3, -0.25) is 14.4 Å². The van der Waals surface area contributed by atoms with Crippen molar-refractivity contribution in [1.29, 1.82) is 0 Å². The maximum atomic E-state index is 11.9. The van der Waals surface area contributed by atoms with Crippen molar-refractivity contribution in [2.24, 2.45) is 11.7 Å². The number of nitrogens with zero attached hydrogens (tertiary/aromatic N) is 1. The second-order valence-electron chi connectivity index (χ2n) is 4.88. The summed E-state index contributed by atoms with van der Waals surface area (Å²) in [6, 6.07) is -0.550. The van der Waals surface area contributed by atoms with E-state index in [0.29, 0.717) is 13.0 Å². The van der Waals surface area contributed by atoms with Gasteiger partial charge < -0.3 is 15.4 Å². The summed E-state index contributed by atoms with van der Waals surface area (Å²) < 4.78 is 4.93. The Morgan fingerprint density at radius 2 is 1.89 bits per heavy atom. The summed E-state index contributed by atoms with van der Waals surface area (Å²) >= 11 is 0. The van der Waals surface area contributed by atoms with E-state index < -0.39 is 11.9 Å². The Bertz CT molecular complexity index is 365. The number of amides is 2. The molecule has 2 rings (SSSR count). The van der Waals surface area contributed by atoms with E-state index >= 15 is 0 Å². The number of carbonyl (C=O) groups is 3. The van der Waals surface area contributed by atoms with Crippen LogP contribution >= 0.6 is 0 Å². The van der Waals surface area contributed by atoms with Crippen molar-refractivity contribution >= 4 is 17.8 Å². The minimum Gasteiger partial charge on any atom is -0.455 e. The zero-order valence-electron chi connectivity index (χ0n) is 10.3. The van der Waals surface area contributed by atoms with Crippen LogP contribution in [0.1, 0.15) is 32.1 Å². The first-order chi connectivity index (χ1) is 8.59. The van der Waals surface area contributed by atoms with E-state index in [1.165, 1.54) is 4.90 Å². The van der Waals surface area contributed by atoms with Gasteiger partial charge in [0.15, 0.2) is 6.61 Å². The van der Waals surface area contributed by atoms with Crippen molar-refractivity contribution in [1.82, 2.24) is 4.90 Å². The minimum absolute atomic E-state index is 0.0221. The van der Waals surface area contributed by atoms with Crippen LogP contribution in [0.3, 0.4) is 0 Å². The Morgan fingerprint density at radius 3 is 2.50 bits per heavy atom. The lowest BCUT2D eigenvalue weighted by atomic mass is 10.0. The van der Waals surface area contributed by atoms with Crippen LogP contribution in [0.25, 0.3) is 0 Å². The molecule has 1 saturated heterocycles. The molecular weight excluding hydrogens is 236 g/mol. The summed E-state index contributed by atoms with van der Waals surface area (Å²) in [5, 5.41) is 0. The quantitative estimate of drug-likeness (QED) is 0.704. The van der Waals surface area contributed by atoms with Gasteiger partial charge in [0.05, 0.1) is 5.92 Å². The van der Waals surface area contributed by atoms with E-state index in [2.05, 4.69) is 0 Å². The molecule has 0 aromatic carbocycles. The molecule has 2 fully saturated rings. The zero-order chi connectivity index (χ0) is 13.1. The van der Waals surface area contributed by atoms with E-state index in [0.717, 1.165) is 25.7 Å². The zero-order valence-corrected chi connectivity index (χ0v) is 10.3. The fourth-order valence-electron chi connectivity index (χ4n) is 2.18. The first kappa shape index (κ1) is 12.9. The van der Waals surface area contributed by atoms with Crippen molar-refractivity contribution < 1.29 is 19.1 Å². The van der Waals surface area contributed by atoms with Crippen LogP contribution in [-0.2, 0) is 19.1 Å². The number of hydrogen-bond acceptors (Lipinski definition) is 4. The van der Waals surface area contributed by atoms with Gasteiger partial charge in [-0.25, -0.2) is 0 Å². The topological polar surface area (TPSA) is 89.7 Å². The standard InChI is InChI=1S/C12H18N2O4/c13-11(16)9-3-1-2-6-14(9)10(15)7-18-12(17)8-4-5-8/h8-9H,1-7H2,(H2,13,16)/t9-/m0/s1. The molecule has 1 aliphatic heterocycles. The second kappa shape index (κ2) is 5.37. The Labute approximate surface area is 105 Å². The second-order valence-corrected chi connectivity index (χ2v) is 4.88. The highest BCUT2D eigenvalue weighted by atomic mass is 16.5. The smallest absolute Gasteiger partial charge is 0.309 e. The molecule has 2 amide bonds. The third kappa shape index (κ3) is 3.00. The van der Waals surface area contributed by atoms with Crippen molar-refractivity contribution in [3.8, 4) is 0 Å². The molecule has 6 heteroatoms. The van der Waals surface area contributed by atoms with Crippen LogP contribution in [0.4, 0.5) is 0 Å². The van der Waals surface area contributed by atoms with E-state index in [-0.39, 0.29) is 24.4 Å². The van der Waals surface area contributed by atoms with Gasteiger partial charge in [-0.2, -0.15) is 0 Å². The molecule has 0 unspecified atom stereocenters. The number of piperidine rings is 1. The third-order valence-electron chi connectivity index (χ3n) is 3.40. The average molecular weight is 254 g/mol. The molecule has 0 aromatic heterocycles. The molecule has 2 aliphatic rings. The predicted molar refractivity (Wildman–Crippen MR) is 62.2 cm³/mol. The number of esters is 1. The van der Waals surface area contributed by atoms with E-state index in [4.69, 9.17) is 10.5 Å². The molecule has 1 heterocycles. The van der Waals surface area contributed by atoms with E-state index in [1.807, 2.05) is 0 Å². The van der Waals surface area contributed by atoms with Crippen LogP contribution in [0.5, 0.6) is 0 Å². The highest BCUT2D eigenvalue weighted by Crippen LogP contribution is 2.30. The largest absolute Gasteiger partial charge is 0.455 e. The number of nitrogens with two attached hydrogens (primary N) is 1. The summed E-state index contributed by atoms with van der Waals surface area (Å²) in [5.74, 6) is -1.15. The van der Waals surface area contributed by atoms with Crippen molar-refractivity contribution in [2.75, 3.05) is 13.2 Å². The van der Waals surface area contributed by atoms with Crippen LogP contribution in [0.2, 0.25) is 0 Å². The van der Waals surface area contributed by atoms with Crippen LogP contribution in [0, 0.1) is 5.92 Å².